The number of anilines is 1. The quantitative estimate of drug-likeness (QED) is 0.702. The van der Waals surface area contributed by atoms with Crippen molar-refractivity contribution >= 4 is 33.4 Å². The third-order valence-corrected chi connectivity index (χ3v) is 4.64. The van der Waals surface area contributed by atoms with Crippen molar-refractivity contribution in [2.75, 3.05) is 25.1 Å². The van der Waals surface area contributed by atoms with E-state index in [1.165, 1.54) is 0 Å². The summed E-state index contributed by atoms with van der Waals surface area (Å²) in [5.74, 6) is 0.123. The molecule has 0 spiro atoms. The van der Waals surface area contributed by atoms with E-state index in [0.717, 1.165) is 23.9 Å². The Kier molecular flexibility index (Phi) is 6.84. The van der Waals surface area contributed by atoms with Crippen molar-refractivity contribution in [3.63, 3.8) is 0 Å². The number of ether oxygens (including phenoxy) is 2. The van der Waals surface area contributed by atoms with Crippen LogP contribution in [0.5, 0.6) is 5.75 Å². The second kappa shape index (κ2) is 9.53. The molecule has 7 heteroatoms. The highest BCUT2D eigenvalue weighted by Crippen LogP contribution is 2.16. The van der Waals surface area contributed by atoms with Crippen LogP contribution in [0.2, 0.25) is 0 Å². The molecule has 1 aliphatic heterocycles. The summed E-state index contributed by atoms with van der Waals surface area (Å²) in [6.07, 6.45) is 2.09. The second-order valence-electron chi connectivity index (χ2n) is 6.22. The Morgan fingerprint density at radius 3 is 2.74 bits per heavy atom. The lowest BCUT2D eigenvalue weighted by Crippen LogP contribution is -2.31. The monoisotopic (exact) mass is 432 g/mol. The van der Waals surface area contributed by atoms with Gasteiger partial charge in [0.15, 0.2) is 6.61 Å². The minimum absolute atomic E-state index is 0.0904. The van der Waals surface area contributed by atoms with Crippen LogP contribution in [0.25, 0.3) is 0 Å². The van der Waals surface area contributed by atoms with Crippen LogP contribution >= 0.6 is 15.9 Å². The number of carbonyl (C=O) groups is 2. The molecule has 1 aliphatic rings. The Hall–Kier alpha value is -2.38. The Labute approximate surface area is 166 Å². The third-order valence-electron chi connectivity index (χ3n) is 4.11. The van der Waals surface area contributed by atoms with Gasteiger partial charge in [-0.05, 0) is 55.3 Å². The van der Waals surface area contributed by atoms with Crippen LogP contribution in [0, 0.1) is 0 Å². The first-order valence-electron chi connectivity index (χ1n) is 8.78. The first kappa shape index (κ1) is 19.4. The van der Waals surface area contributed by atoms with E-state index in [1.807, 2.05) is 12.1 Å². The van der Waals surface area contributed by atoms with Crippen LogP contribution in [0.1, 0.15) is 23.2 Å². The summed E-state index contributed by atoms with van der Waals surface area (Å²) in [5, 5.41) is 5.61. The fourth-order valence-electron chi connectivity index (χ4n) is 2.73. The van der Waals surface area contributed by atoms with Gasteiger partial charge in [0.05, 0.1) is 6.10 Å². The van der Waals surface area contributed by atoms with Gasteiger partial charge in [-0.3, -0.25) is 9.59 Å². The number of hydrogen-bond acceptors (Lipinski definition) is 4. The van der Waals surface area contributed by atoms with Crippen LogP contribution in [0.3, 0.4) is 0 Å². The van der Waals surface area contributed by atoms with Crippen LogP contribution in [0.15, 0.2) is 53.0 Å². The lowest BCUT2D eigenvalue weighted by molar-refractivity contribution is -0.118. The molecule has 3 rings (SSSR count). The average molecular weight is 433 g/mol. The average Bonchev–Trinajstić information content (AvgIpc) is 3.19. The van der Waals surface area contributed by atoms with Gasteiger partial charge in [-0.15, -0.1) is 0 Å². The van der Waals surface area contributed by atoms with Crippen LogP contribution in [0.4, 0.5) is 5.69 Å². The summed E-state index contributed by atoms with van der Waals surface area (Å²) < 4.78 is 11.9. The molecule has 6 nitrogen and oxygen atoms in total. The van der Waals surface area contributed by atoms with Crippen molar-refractivity contribution in [2.24, 2.45) is 0 Å². The van der Waals surface area contributed by atoms with Crippen LogP contribution < -0.4 is 15.4 Å². The molecule has 142 valence electrons. The summed E-state index contributed by atoms with van der Waals surface area (Å²) in [4.78, 5) is 24.3. The topological polar surface area (TPSA) is 76.7 Å². The first-order chi connectivity index (χ1) is 13.1. The van der Waals surface area contributed by atoms with E-state index in [9.17, 15) is 9.59 Å². The lowest BCUT2D eigenvalue weighted by Gasteiger charge is -2.12. The van der Waals surface area contributed by atoms with Crippen molar-refractivity contribution in [3.05, 3.63) is 58.6 Å². The van der Waals surface area contributed by atoms with E-state index < -0.39 is 0 Å². The molecular weight excluding hydrogens is 412 g/mol. The molecule has 2 aromatic carbocycles. The number of hydrogen-bond donors (Lipinski definition) is 2. The van der Waals surface area contributed by atoms with Crippen molar-refractivity contribution in [1.29, 1.82) is 0 Å². The summed E-state index contributed by atoms with van der Waals surface area (Å²) in [7, 11) is 0. The molecular formula is C20H21BrN2O4. The Balaban J connectivity index is 1.49. The van der Waals surface area contributed by atoms with Crippen LogP contribution in [-0.4, -0.2) is 37.7 Å². The number of halogens is 1. The van der Waals surface area contributed by atoms with Gasteiger partial charge >= 0.3 is 0 Å². The van der Waals surface area contributed by atoms with Gasteiger partial charge in [-0.2, -0.15) is 0 Å². The molecule has 0 bridgehead atoms. The normalized spacial score (nSPS) is 16.0. The van der Waals surface area contributed by atoms with Gasteiger partial charge in [0.2, 0.25) is 0 Å². The molecule has 2 N–H and O–H groups in total. The summed E-state index contributed by atoms with van der Waals surface area (Å²) in [6, 6.07) is 14.0. The molecule has 1 heterocycles. The summed E-state index contributed by atoms with van der Waals surface area (Å²) in [5.41, 5.74) is 1.03. The first-order valence-corrected chi connectivity index (χ1v) is 9.57. The maximum absolute atomic E-state index is 12.3. The van der Waals surface area contributed by atoms with Gasteiger partial charge in [0.25, 0.3) is 11.8 Å². The zero-order valence-corrected chi connectivity index (χ0v) is 16.3. The van der Waals surface area contributed by atoms with Gasteiger partial charge in [0.1, 0.15) is 5.75 Å². The van der Waals surface area contributed by atoms with Crippen LogP contribution in [-0.2, 0) is 9.53 Å². The molecule has 1 saturated heterocycles. The van der Waals surface area contributed by atoms with Crippen molar-refractivity contribution < 1.29 is 19.1 Å². The highest BCUT2D eigenvalue weighted by molar-refractivity contribution is 9.10. The van der Waals surface area contributed by atoms with Crippen molar-refractivity contribution in [3.8, 4) is 5.75 Å². The smallest absolute Gasteiger partial charge is 0.262 e. The standard InChI is InChI=1S/C20H21BrN2O4/c21-15-6-8-17(9-7-15)27-13-19(24)23-16-4-1-3-14(11-16)20(25)22-12-18-5-2-10-26-18/h1,3-4,6-9,11,18H,2,5,10,12-13H2,(H,22,25)(H,23,24). The Morgan fingerprint density at radius 2 is 2.00 bits per heavy atom. The molecule has 0 aromatic heterocycles. The molecule has 0 radical (unpaired) electrons. The van der Waals surface area contributed by atoms with E-state index in [1.54, 1.807) is 36.4 Å². The van der Waals surface area contributed by atoms with E-state index in [4.69, 9.17) is 9.47 Å². The zero-order chi connectivity index (χ0) is 19.1. The van der Waals surface area contributed by atoms with E-state index in [2.05, 4.69) is 26.6 Å². The maximum Gasteiger partial charge on any atom is 0.262 e. The summed E-state index contributed by atoms with van der Waals surface area (Å²) >= 11 is 3.34. The summed E-state index contributed by atoms with van der Waals surface area (Å²) in [6.45, 7) is 1.14. The van der Waals surface area contributed by atoms with Gasteiger partial charge in [-0.25, -0.2) is 0 Å². The number of amides is 2. The van der Waals surface area contributed by atoms with E-state index in [-0.39, 0.29) is 24.5 Å². The molecule has 0 aliphatic carbocycles. The number of nitrogens with one attached hydrogen (secondary N) is 2. The lowest BCUT2D eigenvalue weighted by atomic mass is 10.1. The molecule has 1 atom stereocenters. The molecule has 2 amide bonds. The highest BCUT2D eigenvalue weighted by atomic mass is 79.9. The Morgan fingerprint density at radius 1 is 1.19 bits per heavy atom. The fraction of sp³-hybridized carbons (Fsp3) is 0.300. The number of rotatable bonds is 7. The van der Waals surface area contributed by atoms with Crippen molar-refractivity contribution in [1.82, 2.24) is 5.32 Å². The Bertz CT molecular complexity index is 789. The minimum atomic E-state index is -0.296. The van der Waals surface area contributed by atoms with E-state index in [0.29, 0.717) is 23.5 Å². The van der Waals surface area contributed by atoms with Gasteiger partial charge in [0, 0.05) is 28.9 Å². The SMILES string of the molecule is O=C(COc1ccc(Br)cc1)Nc1cccc(C(=O)NCC2CCCO2)c1. The fourth-order valence-corrected chi connectivity index (χ4v) is 2.99. The largest absolute Gasteiger partial charge is 0.484 e. The predicted octanol–water partition coefficient (Wildman–Crippen LogP) is 3.38. The van der Waals surface area contributed by atoms with Gasteiger partial charge < -0.3 is 20.1 Å². The molecule has 0 saturated carbocycles. The van der Waals surface area contributed by atoms with Crippen molar-refractivity contribution in [2.45, 2.75) is 18.9 Å². The molecule has 1 unspecified atom stereocenters. The minimum Gasteiger partial charge on any atom is -0.484 e. The molecule has 1 fully saturated rings. The third kappa shape index (κ3) is 6.08. The second-order valence-corrected chi connectivity index (χ2v) is 7.13. The molecule has 27 heavy (non-hydrogen) atoms. The maximum atomic E-state index is 12.3. The predicted molar refractivity (Wildman–Crippen MR) is 106 cm³/mol. The molecule has 2 aromatic rings. The van der Waals surface area contributed by atoms with Gasteiger partial charge in [-0.1, -0.05) is 22.0 Å². The number of carbonyl (C=O) groups excluding carboxylic acids is 2. The zero-order valence-electron chi connectivity index (χ0n) is 14.7. The number of benzene rings is 2. The highest BCUT2D eigenvalue weighted by Gasteiger charge is 2.17. The van der Waals surface area contributed by atoms with E-state index >= 15 is 0 Å².